The average molecular weight is 218 g/mol. The molecule has 5 heteroatoms. The monoisotopic (exact) mass is 218 g/mol. The molecule has 0 radical (unpaired) electrons. The number of nitrogen functional groups attached to an aromatic ring is 1. The van der Waals surface area contributed by atoms with Gasteiger partial charge in [0.15, 0.2) is 0 Å². The van der Waals surface area contributed by atoms with Crippen molar-refractivity contribution >= 4 is 16.7 Å². The number of hydrogen-bond acceptors (Lipinski definition) is 4. The molecule has 0 saturated carbocycles. The van der Waals surface area contributed by atoms with Gasteiger partial charge in [-0.05, 0) is 12.8 Å². The summed E-state index contributed by atoms with van der Waals surface area (Å²) in [6.45, 7) is 1.62. The summed E-state index contributed by atoms with van der Waals surface area (Å²) in [6.07, 6.45) is 5.64. The van der Waals surface area contributed by atoms with Crippen molar-refractivity contribution in [2.45, 2.75) is 18.9 Å². The number of anilines is 1. The van der Waals surface area contributed by atoms with Crippen LogP contribution >= 0.6 is 0 Å². The first-order chi connectivity index (χ1) is 7.84. The molecule has 2 aromatic heterocycles. The van der Waals surface area contributed by atoms with Crippen molar-refractivity contribution in [2.24, 2.45) is 0 Å². The lowest BCUT2D eigenvalue weighted by Gasteiger charge is -2.23. The van der Waals surface area contributed by atoms with Crippen LogP contribution in [0.1, 0.15) is 18.9 Å². The number of aromatic nitrogens is 3. The minimum Gasteiger partial charge on any atom is -0.384 e. The van der Waals surface area contributed by atoms with Gasteiger partial charge in [0.25, 0.3) is 0 Å². The third-order valence-corrected chi connectivity index (χ3v) is 3.04. The van der Waals surface area contributed by atoms with Crippen LogP contribution < -0.4 is 5.73 Å². The van der Waals surface area contributed by atoms with Crippen molar-refractivity contribution in [1.29, 1.82) is 0 Å². The smallest absolute Gasteiger partial charge is 0.125 e. The molecular weight excluding hydrogens is 204 g/mol. The second-order valence-electron chi connectivity index (χ2n) is 4.10. The zero-order valence-electron chi connectivity index (χ0n) is 8.97. The van der Waals surface area contributed by atoms with E-state index in [4.69, 9.17) is 10.5 Å². The molecule has 0 aromatic carbocycles. The van der Waals surface area contributed by atoms with Crippen LogP contribution in [0.2, 0.25) is 0 Å². The lowest BCUT2D eigenvalue weighted by Crippen LogP contribution is -2.20. The van der Waals surface area contributed by atoms with E-state index in [1.165, 1.54) is 0 Å². The van der Waals surface area contributed by atoms with Gasteiger partial charge in [-0.2, -0.15) is 5.10 Å². The van der Waals surface area contributed by atoms with E-state index in [9.17, 15) is 0 Å². The first kappa shape index (κ1) is 9.59. The van der Waals surface area contributed by atoms with E-state index in [0.29, 0.717) is 11.9 Å². The fraction of sp³-hybridized carbons (Fsp3) is 0.455. The number of ether oxygens (including phenoxy) is 1. The van der Waals surface area contributed by atoms with E-state index in [0.717, 1.165) is 37.0 Å². The minimum atomic E-state index is 0.424. The number of nitrogens with zero attached hydrogens (tertiary/aromatic N) is 3. The zero-order chi connectivity index (χ0) is 11.0. The highest BCUT2D eigenvalue weighted by atomic mass is 16.5. The largest absolute Gasteiger partial charge is 0.384 e. The number of rotatable bonds is 1. The van der Waals surface area contributed by atoms with Crippen molar-refractivity contribution in [3.05, 3.63) is 18.5 Å². The fourth-order valence-electron chi connectivity index (χ4n) is 2.18. The SMILES string of the molecule is Nc1cc2c(cn1)cnn2C1CCOCC1. The van der Waals surface area contributed by atoms with E-state index >= 15 is 0 Å². The van der Waals surface area contributed by atoms with Gasteiger partial charge in [-0.3, -0.25) is 4.68 Å². The summed E-state index contributed by atoms with van der Waals surface area (Å²) >= 11 is 0. The predicted molar refractivity (Wildman–Crippen MR) is 61.0 cm³/mol. The number of hydrogen-bond donors (Lipinski definition) is 1. The Kier molecular flexibility index (Phi) is 2.25. The van der Waals surface area contributed by atoms with Gasteiger partial charge in [-0.25, -0.2) is 4.98 Å². The lowest BCUT2D eigenvalue weighted by atomic mass is 10.1. The van der Waals surface area contributed by atoms with Gasteiger partial charge in [-0.1, -0.05) is 0 Å². The standard InChI is InChI=1S/C11H14N4O/c12-11-5-10-8(6-13-11)7-14-15(10)9-1-3-16-4-2-9/h5-7,9H,1-4H2,(H2,12,13). The van der Waals surface area contributed by atoms with Crippen molar-refractivity contribution in [3.8, 4) is 0 Å². The van der Waals surface area contributed by atoms with Crippen LogP contribution in [0.4, 0.5) is 5.82 Å². The molecule has 2 aromatic rings. The fourth-order valence-corrected chi connectivity index (χ4v) is 2.18. The van der Waals surface area contributed by atoms with E-state index in [1.807, 2.05) is 12.3 Å². The van der Waals surface area contributed by atoms with Crippen molar-refractivity contribution in [3.63, 3.8) is 0 Å². The van der Waals surface area contributed by atoms with Crippen molar-refractivity contribution in [2.75, 3.05) is 18.9 Å². The highest BCUT2D eigenvalue weighted by molar-refractivity contribution is 5.79. The maximum Gasteiger partial charge on any atom is 0.125 e. The average Bonchev–Trinajstić information content (AvgIpc) is 2.73. The highest BCUT2D eigenvalue weighted by Crippen LogP contribution is 2.25. The molecule has 1 aliphatic heterocycles. The topological polar surface area (TPSA) is 66.0 Å². The van der Waals surface area contributed by atoms with Crippen LogP contribution in [-0.2, 0) is 4.74 Å². The number of pyridine rings is 1. The second-order valence-corrected chi connectivity index (χ2v) is 4.10. The third kappa shape index (κ3) is 1.53. The van der Waals surface area contributed by atoms with Crippen molar-refractivity contribution < 1.29 is 4.74 Å². The van der Waals surface area contributed by atoms with Crippen LogP contribution in [0.3, 0.4) is 0 Å². The molecular formula is C11H14N4O. The minimum absolute atomic E-state index is 0.424. The maximum absolute atomic E-state index is 5.70. The van der Waals surface area contributed by atoms with Gasteiger partial charge in [0.2, 0.25) is 0 Å². The Morgan fingerprint density at radius 1 is 1.31 bits per heavy atom. The summed E-state index contributed by atoms with van der Waals surface area (Å²) in [7, 11) is 0. The van der Waals surface area contributed by atoms with E-state index in [1.54, 1.807) is 6.20 Å². The van der Waals surface area contributed by atoms with Crippen LogP contribution in [0.25, 0.3) is 10.9 Å². The molecule has 2 N–H and O–H groups in total. The van der Waals surface area contributed by atoms with Crippen LogP contribution in [0, 0.1) is 0 Å². The van der Waals surface area contributed by atoms with E-state index < -0.39 is 0 Å². The van der Waals surface area contributed by atoms with Crippen LogP contribution in [0.15, 0.2) is 18.5 Å². The molecule has 0 bridgehead atoms. The summed E-state index contributed by atoms with van der Waals surface area (Å²) in [5.41, 5.74) is 6.77. The van der Waals surface area contributed by atoms with Crippen molar-refractivity contribution in [1.82, 2.24) is 14.8 Å². The highest BCUT2D eigenvalue weighted by Gasteiger charge is 2.18. The summed E-state index contributed by atoms with van der Waals surface area (Å²) in [4.78, 5) is 4.07. The van der Waals surface area contributed by atoms with E-state index in [-0.39, 0.29) is 0 Å². The Morgan fingerprint density at radius 2 is 2.12 bits per heavy atom. The van der Waals surface area contributed by atoms with Gasteiger partial charge >= 0.3 is 0 Å². The molecule has 0 amide bonds. The summed E-state index contributed by atoms with van der Waals surface area (Å²) in [5.74, 6) is 0.543. The summed E-state index contributed by atoms with van der Waals surface area (Å²) in [5, 5.41) is 5.47. The molecule has 1 fully saturated rings. The van der Waals surface area contributed by atoms with Crippen LogP contribution in [-0.4, -0.2) is 28.0 Å². The Bertz CT molecular complexity index is 502. The normalized spacial score (nSPS) is 18.0. The first-order valence-electron chi connectivity index (χ1n) is 5.51. The molecule has 3 heterocycles. The quantitative estimate of drug-likeness (QED) is 0.785. The Balaban J connectivity index is 2.05. The molecule has 16 heavy (non-hydrogen) atoms. The first-order valence-corrected chi connectivity index (χ1v) is 5.51. The molecule has 1 saturated heterocycles. The molecule has 0 unspecified atom stereocenters. The van der Waals surface area contributed by atoms with E-state index in [2.05, 4.69) is 14.8 Å². The Morgan fingerprint density at radius 3 is 2.94 bits per heavy atom. The van der Waals surface area contributed by atoms with Gasteiger partial charge in [0.05, 0.1) is 17.8 Å². The summed E-state index contributed by atoms with van der Waals surface area (Å²) < 4.78 is 7.41. The molecule has 5 nitrogen and oxygen atoms in total. The zero-order valence-corrected chi connectivity index (χ0v) is 8.97. The molecule has 0 aliphatic carbocycles. The van der Waals surface area contributed by atoms with Gasteiger partial charge < -0.3 is 10.5 Å². The Hall–Kier alpha value is -1.62. The molecule has 3 rings (SSSR count). The van der Waals surface area contributed by atoms with Gasteiger partial charge in [0.1, 0.15) is 5.82 Å². The predicted octanol–water partition coefficient (Wildman–Crippen LogP) is 1.36. The van der Waals surface area contributed by atoms with Gasteiger partial charge in [-0.15, -0.1) is 0 Å². The molecule has 0 spiro atoms. The number of fused-ring (bicyclic) bond motifs is 1. The molecule has 1 aliphatic rings. The third-order valence-electron chi connectivity index (χ3n) is 3.04. The molecule has 84 valence electrons. The summed E-state index contributed by atoms with van der Waals surface area (Å²) in [6, 6.07) is 2.31. The Labute approximate surface area is 93.2 Å². The second kappa shape index (κ2) is 3.75. The maximum atomic E-state index is 5.70. The lowest BCUT2D eigenvalue weighted by molar-refractivity contribution is 0.0675. The number of nitrogens with two attached hydrogens (primary N) is 1. The molecule has 0 atom stereocenters. The van der Waals surface area contributed by atoms with Crippen LogP contribution in [0.5, 0.6) is 0 Å². The van der Waals surface area contributed by atoms with Gasteiger partial charge in [0, 0.05) is 30.9 Å².